The van der Waals surface area contributed by atoms with Crippen LogP contribution in [-0.2, 0) is 9.53 Å². The third-order valence-electron chi connectivity index (χ3n) is 3.94. The van der Waals surface area contributed by atoms with E-state index in [0.29, 0.717) is 12.6 Å². The van der Waals surface area contributed by atoms with Crippen LogP contribution in [-0.4, -0.2) is 42.1 Å². The number of hydrogen-bond donors (Lipinski definition) is 1. The second-order valence-corrected chi connectivity index (χ2v) is 5.09. The van der Waals surface area contributed by atoms with Crippen LogP contribution in [0.5, 0.6) is 0 Å². The van der Waals surface area contributed by atoms with Gasteiger partial charge in [0.15, 0.2) is 0 Å². The lowest BCUT2D eigenvalue weighted by atomic mass is 10.0. The molecule has 0 bridgehead atoms. The van der Waals surface area contributed by atoms with Crippen LogP contribution >= 0.6 is 0 Å². The standard InChI is InChI=1S/C12H22N2O2/c1-8(9(2)13)12(15)14-6-7-16-11-5-3-4-10(11)14/h8-11H,3-7,13H2,1-2H3. The summed E-state index contributed by atoms with van der Waals surface area (Å²) in [6, 6.07) is 0.234. The van der Waals surface area contributed by atoms with Crippen LogP contribution in [0, 0.1) is 5.92 Å². The van der Waals surface area contributed by atoms with E-state index < -0.39 is 0 Å². The van der Waals surface area contributed by atoms with E-state index in [1.165, 1.54) is 6.42 Å². The molecular weight excluding hydrogens is 204 g/mol. The van der Waals surface area contributed by atoms with Gasteiger partial charge in [-0.3, -0.25) is 4.79 Å². The van der Waals surface area contributed by atoms with Crippen molar-refractivity contribution in [2.75, 3.05) is 13.2 Å². The second-order valence-electron chi connectivity index (χ2n) is 5.09. The van der Waals surface area contributed by atoms with E-state index in [-0.39, 0.29) is 24.0 Å². The molecule has 1 aliphatic heterocycles. The van der Waals surface area contributed by atoms with Gasteiger partial charge in [-0.05, 0) is 26.2 Å². The molecule has 4 atom stereocenters. The maximum absolute atomic E-state index is 12.3. The van der Waals surface area contributed by atoms with Gasteiger partial charge in [0.25, 0.3) is 0 Å². The molecular formula is C12H22N2O2. The summed E-state index contributed by atoms with van der Waals surface area (Å²) in [6.07, 6.45) is 3.63. The number of morpholine rings is 1. The number of nitrogens with two attached hydrogens (primary N) is 1. The highest BCUT2D eigenvalue weighted by Gasteiger charge is 2.39. The fourth-order valence-electron chi connectivity index (χ4n) is 2.69. The normalized spacial score (nSPS) is 33.3. The summed E-state index contributed by atoms with van der Waals surface area (Å²) in [5.74, 6) is 0.120. The van der Waals surface area contributed by atoms with Crippen molar-refractivity contribution < 1.29 is 9.53 Å². The zero-order chi connectivity index (χ0) is 11.7. The Bertz CT molecular complexity index is 268. The molecule has 2 aliphatic rings. The average molecular weight is 226 g/mol. The smallest absolute Gasteiger partial charge is 0.227 e. The summed E-state index contributed by atoms with van der Waals surface area (Å²) in [6.45, 7) is 5.23. The van der Waals surface area contributed by atoms with Crippen molar-refractivity contribution in [3.63, 3.8) is 0 Å². The molecule has 92 valence electrons. The number of amides is 1. The lowest BCUT2D eigenvalue weighted by Crippen LogP contribution is -2.54. The minimum atomic E-state index is -0.0839. The van der Waals surface area contributed by atoms with Gasteiger partial charge < -0.3 is 15.4 Å². The molecule has 4 heteroatoms. The molecule has 2 rings (SSSR count). The molecule has 1 aliphatic carbocycles. The first-order valence-corrected chi connectivity index (χ1v) is 6.29. The van der Waals surface area contributed by atoms with E-state index in [9.17, 15) is 4.79 Å². The predicted molar refractivity (Wildman–Crippen MR) is 61.9 cm³/mol. The number of ether oxygens (including phenoxy) is 1. The molecule has 0 aromatic carbocycles. The van der Waals surface area contributed by atoms with Crippen LogP contribution in [0.3, 0.4) is 0 Å². The molecule has 16 heavy (non-hydrogen) atoms. The van der Waals surface area contributed by atoms with E-state index in [1.54, 1.807) is 0 Å². The molecule has 0 radical (unpaired) electrons. The summed E-state index contributed by atoms with van der Waals surface area (Å²) >= 11 is 0. The Labute approximate surface area is 97.1 Å². The first-order chi connectivity index (χ1) is 7.61. The van der Waals surface area contributed by atoms with Crippen LogP contribution < -0.4 is 5.73 Å². The number of carbonyl (C=O) groups excluding carboxylic acids is 1. The summed E-state index contributed by atoms with van der Waals surface area (Å²) < 4.78 is 5.70. The topological polar surface area (TPSA) is 55.6 Å². The highest BCUT2D eigenvalue weighted by atomic mass is 16.5. The minimum absolute atomic E-state index is 0.0739. The maximum atomic E-state index is 12.3. The SMILES string of the molecule is CC(N)C(C)C(=O)N1CCOC2CCCC21. The molecule has 4 nitrogen and oxygen atoms in total. The van der Waals surface area contributed by atoms with E-state index in [2.05, 4.69) is 0 Å². The highest BCUT2D eigenvalue weighted by molar-refractivity contribution is 5.79. The summed E-state index contributed by atoms with van der Waals surface area (Å²) in [7, 11) is 0. The van der Waals surface area contributed by atoms with Crippen molar-refractivity contribution >= 4 is 5.91 Å². The summed E-state index contributed by atoms with van der Waals surface area (Å²) in [5, 5.41) is 0. The molecule has 1 saturated carbocycles. The van der Waals surface area contributed by atoms with Gasteiger partial charge in [-0.15, -0.1) is 0 Å². The number of rotatable bonds is 2. The van der Waals surface area contributed by atoms with Gasteiger partial charge in [0.2, 0.25) is 5.91 Å². The molecule has 1 heterocycles. The average Bonchev–Trinajstić information content (AvgIpc) is 2.74. The zero-order valence-electron chi connectivity index (χ0n) is 10.2. The molecule has 0 aromatic heterocycles. The lowest BCUT2D eigenvalue weighted by Gasteiger charge is -2.39. The van der Waals surface area contributed by atoms with Gasteiger partial charge in [-0.1, -0.05) is 6.92 Å². The lowest BCUT2D eigenvalue weighted by molar-refractivity contribution is -0.148. The van der Waals surface area contributed by atoms with Crippen molar-refractivity contribution in [1.29, 1.82) is 0 Å². The molecule has 2 N–H and O–H groups in total. The van der Waals surface area contributed by atoms with Crippen LogP contribution in [0.1, 0.15) is 33.1 Å². The molecule has 0 spiro atoms. The van der Waals surface area contributed by atoms with Crippen LogP contribution in [0.2, 0.25) is 0 Å². The summed E-state index contributed by atoms with van der Waals surface area (Å²) in [4.78, 5) is 14.3. The number of fused-ring (bicyclic) bond motifs is 1. The van der Waals surface area contributed by atoms with E-state index in [0.717, 1.165) is 19.4 Å². The van der Waals surface area contributed by atoms with Gasteiger partial charge in [0.05, 0.1) is 24.7 Å². The first-order valence-electron chi connectivity index (χ1n) is 6.29. The molecule has 2 fully saturated rings. The number of nitrogens with zero attached hydrogens (tertiary/aromatic N) is 1. The fourth-order valence-corrected chi connectivity index (χ4v) is 2.69. The van der Waals surface area contributed by atoms with Gasteiger partial charge in [0, 0.05) is 12.6 Å². The molecule has 4 unspecified atom stereocenters. The quantitative estimate of drug-likeness (QED) is 0.756. The zero-order valence-corrected chi connectivity index (χ0v) is 10.2. The van der Waals surface area contributed by atoms with E-state index in [4.69, 9.17) is 10.5 Å². The maximum Gasteiger partial charge on any atom is 0.227 e. The molecule has 1 saturated heterocycles. The Balaban J connectivity index is 2.05. The minimum Gasteiger partial charge on any atom is -0.374 e. The van der Waals surface area contributed by atoms with Crippen LogP contribution in [0.25, 0.3) is 0 Å². The predicted octanol–water partition coefficient (Wildman–Crippen LogP) is 0.750. The molecule has 0 aromatic rings. The third kappa shape index (κ3) is 2.09. The van der Waals surface area contributed by atoms with Gasteiger partial charge >= 0.3 is 0 Å². The summed E-state index contributed by atoms with van der Waals surface area (Å²) in [5.41, 5.74) is 5.80. The Morgan fingerprint density at radius 2 is 2.19 bits per heavy atom. The van der Waals surface area contributed by atoms with Crippen LogP contribution in [0.4, 0.5) is 0 Å². The largest absolute Gasteiger partial charge is 0.374 e. The van der Waals surface area contributed by atoms with Crippen molar-refractivity contribution in [1.82, 2.24) is 4.90 Å². The molecule has 1 amide bonds. The second kappa shape index (κ2) is 4.72. The van der Waals surface area contributed by atoms with Crippen LogP contribution in [0.15, 0.2) is 0 Å². The monoisotopic (exact) mass is 226 g/mol. The Morgan fingerprint density at radius 1 is 1.44 bits per heavy atom. The highest BCUT2D eigenvalue weighted by Crippen LogP contribution is 2.30. The van der Waals surface area contributed by atoms with Gasteiger partial charge in [-0.25, -0.2) is 0 Å². The van der Waals surface area contributed by atoms with Gasteiger partial charge in [0.1, 0.15) is 0 Å². The van der Waals surface area contributed by atoms with Crippen molar-refractivity contribution in [2.24, 2.45) is 11.7 Å². The Kier molecular flexibility index (Phi) is 3.50. The third-order valence-corrected chi connectivity index (χ3v) is 3.94. The van der Waals surface area contributed by atoms with E-state index in [1.807, 2.05) is 18.7 Å². The fraction of sp³-hybridized carbons (Fsp3) is 0.917. The number of carbonyl (C=O) groups is 1. The number of hydrogen-bond acceptors (Lipinski definition) is 3. The first kappa shape index (κ1) is 11.9. The van der Waals surface area contributed by atoms with Crippen molar-refractivity contribution in [2.45, 2.75) is 51.3 Å². The van der Waals surface area contributed by atoms with Gasteiger partial charge in [-0.2, -0.15) is 0 Å². The van der Waals surface area contributed by atoms with Crippen molar-refractivity contribution in [3.05, 3.63) is 0 Å². The Morgan fingerprint density at radius 3 is 2.88 bits per heavy atom. The Hall–Kier alpha value is -0.610. The van der Waals surface area contributed by atoms with E-state index >= 15 is 0 Å². The van der Waals surface area contributed by atoms with Crippen molar-refractivity contribution in [3.8, 4) is 0 Å².